The maximum Gasteiger partial charge on any atom is 0.230 e. The second-order valence-corrected chi connectivity index (χ2v) is 6.42. The molecule has 1 aromatic rings. The van der Waals surface area contributed by atoms with Crippen LogP contribution in [0.1, 0.15) is 19.4 Å². The molecule has 1 aliphatic heterocycles. The summed E-state index contributed by atoms with van der Waals surface area (Å²) < 4.78 is 0. The van der Waals surface area contributed by atoms with Crippen molar-refractivity contribution in [2.24, 2.45) is 0 Å². The number of piperazine rings is 1. The molecule has 0 saturated carbocycles. The number of nitrogens with zero attached hydrogens (tertiary/aromatic N) is 1. The van der Waals surface area contributed by atoms with Gasteiger partial charge >= 0.3 is 0 Å². The van der Waals surface area contributed by atoms with E-state index in [0.717, 1.165) is 38.3 Å². The highest BCUT2D eigenvalue weighted by Crippen LogP contribution is 2.25. The molecule has 1 heterocycles. The number of amides is 1. The van der Waals surface area contributed by atoms with Gasteiger partial charge in [0.2, 0.25) is 5.91 Å². The highest BCUT2D eigenvalue weighted by atomic mass is 35.5. The highest BCUT2D eigenvalue weighted by Gasteiger charge is 2.29. The van der Waals surface area contributed by atoms with Crippen LogP contribution in [0.5, 0.6) is 0 Å². The molecule has 6 heteroatoms. The number of hydrogen-bond acceptors (Lipinski definition) is 3. The Morgan fingerprint density at radius 1 is 1.36 bits per heavy atom. The Kier molecular flexibility index (Phi) is 7.63. The first kappa shape index (κ1) is 19.2. The van der Waals surface area contributed by atoms with Crippen molar-refractivity contribution in [3.05, 3.63) is 34.9 Å². The van der Waals surface area contributed by atoms with E-state index < -0.39 is 5.41 Å². The van der Waals surface area contributed by atoms with Gasteiger partial charge in [0.1, 0.15) is 0 Å². The van der Waals surface area contributed by atoms with Gasteiger partial charge in [0.25, 0.3) is 0 Å². The van der Waals surface area contributed by atoms with E-state index in [0.29, 0.717) is 11.6 Å². The van der Waals surface area contributed by atoms with Gasteiger partial charge in [-0.1, -0.05) is 23.7 Å². The zero-order valence-corrected chi connectivity index (χ0v) is 14.8. The van der Waals surface area contributed by atoms with Crippen LogP contribution in [-0.4, -0.2) is 50.1 Å². The van der Waals surface area contributed by atoms with Crippen molar-refractivity contribution in [1.82, 2.24) is 15.5 Å². The molecule has 2 rings (SSSR count). The van der Waals surface area contributed by atoms with Crippen molar-refractivity contribution in [2.45, 2.75) is 19.3 Å². The van der Waals surface area contributed by atoms with Crippen LogP contribution in [0.2, 0.25) is 5.02 Å². The zero-order chi connectivity index (χ0) is 15.3. The fourth-order valence-electron chi connectivity index (χ4n) is 2.49. The summed E-state index contributed by atoms with van der Waals surface area (Å²) in [5.41, 5.74) is 0.364. The Morgan fingerprint density at radius 2 is 2.05 bits per heavy atom. The van der Waals surface area contributed by atoms with Crippen LogP contribution >= 0.6 is 24.0 Å². The predicted molar refractivity (Wildman–Crippen MR) is 94.0 cm³/mol. The number of benzene rings is 1. The lowest BCUT2D eigenvalue weighted by Crippen LogP contribution is -2.48. The number of hydrogen-bond donors (Lipinski definition) is 2. The molecule has 0 aliphatic carbocycles. The summed E-state index contributed by atoms with van der Waals surface area (Å²) in [5, 5.41) is 7.03. The Balaban J connectivity index is 0.00000242. The van der Waals surface area contributed by atoms with Crippen LogP contribution < -0.4 is 10.6 Å². The number of carbonyl (C=O) groups is 1. The van der Waals surface area contributed by atoms with Crippen molar-refractivity contribution in [2.75, 3.05) is 39.3 Å². The average Bonchev–Trinajstić information content (AvgIpc) is 2.48. The van der Waals surface area contributed by atoms with Crippen LogP contribution in [-0.2, 0) is 10.2 Å². The lowest BCUT2D eigenvalue weighted by Gasteiger charge is -2.28. The summed E-state index contributed by atoms with van der Waals surface area (Å²) in [6.45, 7) is 9.60. The third kappa shape index (κ3) is 5.13. The predicted octanol–water partition coefficient (Wildman–Crippen LogP) is 2.06. The maximum atomic E-state index is 12.4. The Hall–Kier alpha value is -0.810. The van der Waals surface area contributed by atoms with Gasteiger partial charge in [-0.2, -0.15) is 0 Å². The van der Waals surface area contributed by atoms with Gasteiger partial charge in [-0.15, -0.1) is 12.4 Å². The molecule has 0 aromatic heterocycles. The first-order valence-electron chi connectivity index (χ1n) is 7.47. The van der Waals surface area contributed by atoms with Gasteiger partial charge in [-0.05, 0) is 31.5 Å². The van der Waals surface area contributed by atoms with Crippen molar-refractivity contribution in [3.8, 4) is 0 Å². The molecule has 0 bridgehead atoms. The topological polar surface area (TPSA) is 44.4 Å². The van der Waals surface area contributed by atoms with Gasteiger partial charge in [-0.25, -0.2) is 0 Å². The van der Waals surface area contributed by atoms with E-state index in [1.165, 1.54) is 0 Å². The number of rotatable bonds is 5. The third-order valence-electron chi connectivity index (χ3n) is 4.04. The summed E-state index contributed by atoms with van der Waals surface area (Å²) in [4.78, 5) is 14.8. The number of halogens is 2. The standard InChI is InChI=1S/C16H24ClN3O.ClH/c1-16(2,13-4-3-5-14(17)12-13)15(21)19-8-11-20-9-6-18-7-10-20;/h3-5,12,18H,6-11H2,1-2H3,(H,19,21);1H. The molecule has 2 N–H and O–H groups in total. The normalized spacial score (nSPS) is 16.0. The lowest BCUT2D eigenvalue weighted by molar-refractivity contribution is -0.125. The third-order valence-corrected chi connectivity index (χ3v) is 4.27. The van der Waals surface area contributed by atoms with Gasteiger partial charge < -0.3 is 10.6 Å². The van der Waals surface area contributed by atoms with E-state index in [1.54, 1.807) is 0 Å². The number of carbonyl (C=O) groups excluding carboxylic acids is 1. The summed E-state index contributed by atoms with van der Waals surface area (Å²) in [6, 6.07) is 7.51. The van der Waals surface area contributed by atoms with Crippen molar-refractivity contribution < 1.29 is 4.79 Å². The van der Waals surface area contributed by atoms with Gasteiger partial charge in [0.05, 0.1) is 5.41 Å². The summed E-state index contributed by atoms with van der Waals surface area (Å²) in [5.74, 6) is 0.0416. The maximum absolute atomic E-state index is 12.4. The fourth-order valence-corrected chi connectivity index (χ4v) is 2.68. The molecule has 0 atom stereocenters. The summed E-state index contributed by atoms with van der Waals surface area (Å²) >= 11 is 6.02. The van der Waals surface area contributed by atoms with E-state index in [9.17, 15) is 4.79 Å². The van der Waals surface area contributed by atoms with Crippen LogP contribution in [0.25, 0.3) is 0 Å². The molecule has 4 nitrogen and oxygen atoms in total. The fraction of sp³-hybridized carbons (Fsp3) is 0.562. The van der Waals surface area contributed by atoms with Crippen LogP contribution in [0.4, 0.5) is 0 Å². The Morgan fingerprint density at radius 3 is 2.68 bits per heavy atom. The average molecular weight is 346 g/mol. The van der Waals surface area contributed by atoms with Crippen molar-refractivity contribution >= 4 is 29.9 Å². The molecule has 1 aliphatic rings. The molecular formula is C16H25Cl2N3O. The van der Waals surface area contributed by atoms with E-state index in [1.807, 2.05) is 38.1 Å². The van der Waals surface area contributed by atoms with Crippen molar-refractivity contribution in [1.29, 1.82) is 0 Å². The first-order chi connectivity index (χ1) is 10.00. The Bertz CT molecular complexity index is 488. The molecule has 1 saturated heterocycles. The minimum absolute atomic E-state index is 0. The second-order valence-electron chi connectivity index (χ2n) is 5.98. The number of nitrogens with one attached hydrogen (secondary N) is 2. The summed E-state index contributed by atoms with van der Waals surface area (Å²) in [7, 11) is 0. The van der Waals surface area contributed by atoms with E-state index in [-0.39, 0.29) is 18.3 Å². The molecule has 124 valence electrons. The van der Waals surface area contributed by atoms with Crippen molar-refractivity contribution in [3.63, 3.8) is 0 Å². The minimum atomic E-state index is -0.575. The van der Waals surface area contributed by atoms with E-state index >= 15 is 0 Å². The highest BCUT2D eigenvalue weighted by molar-refractivity contribution is 6.30. The Labute approximate surface area is 144 Å². The molecule has 0 radical (unpaired) electrons. The van der Waals surface area contributed by atoms with Crippen LogP contribution in [0.15, 0.2) is 24.3 Å². The monoisotopic (exact) mass is 345 g/mol. The first-order valence-corrected chi connectivity index (χ1v) is 7.85. The summed E-state index contributed by atoms with van der Waals surface area (Å²) in [6.07, 6.45) is 0. The molecule has 0 unspecified atom stereocenters. The van der Waals surface area contributed by atoms with Crippen LogP contribution in [0.3, 0.4) is 0 Å². The molecule has 0 spiro atoms. The van der Waals surface area contributed by atoms with E-state index in [2.05, 4.69) is 15.5 Å². The molecular weight excluding hydrogens is 321 g/mol. The SMILES string of the molecule is CC(C)(C(=O)NCCN1CCNCC1)c1cccc(Cl)c1.Cl. The largest absolute Gasteiger partial charge is 0.354 e. The quantitative estimate of drug-likeness (QED) is 0.858. The zero-order valence-electron chi connectivity index (χ0n) is 13.2. The van der Waals surface area contributed by atoms with Gasteiger partial charge in [-0.3, -0.25) is 9.69 Å². The minimum Gasteiger partial charge on any atom is -0.354 e. The van der Waals surface area contributed by atoms with E-state index in [4.69, 9.17) is 11.6 Å². The lowest BCUT2D eigenvalue weighted by atomic mass is 9.84. The van der Waals surface area contributed by atoms with Gasteiger partial charge in [0.15, 0.2) is 0 Å². The molecule has 1 fully saturated rings. The smallest absolute Gasteiger partial charge is 0.230 e. The molecule has 22 heavy (non-hydrogen) atoms. The van der Waals surface area contributed by atoms with Gasteiger partial charge in [0, 0.05) is 44.3 Å². The molecule has 1 aromatic carbocycles. The molecule has 1 amide bonds. The second kappa shape index (κ2) is 8.73. The van der Waals surface area contributed by atoms with Crippen LogP contribution in [0, 0.1) is 0 Å².